The van der Waals surface area contributed by atoms with Gasteiger partial charge in [-0.2, -0.15) is 0 Å². The standard InChI is InChI=1S/C9H10F2O4/c1-15-7(14)5-8(9(5,10)11)2-4(3-8)6(12)13/h4-5H,2-3H2,1H3,(H,12,13)/t4?,5-,8?/m0/s1. The lowest BCUT2D eigenvalue weighted by Gasteiger charge is -2.32. The van der Waals surface area contributed by atoms with Crippen LogP contribution >= 0.6 is 0 Å². The van der Waals surface area contributed by atoms with E-state index >= 15 is 0 Å². The topological polar surface area (TPSA) is 63.6 Å². The van der Waals surface area contributed by atoms with Gasteiger partial charge in [-0.3, -0.25) is 9.59 Å². The molecule has 2 aliphatic rings. The number of carboxylic acid groups (broad SMARTS) is 1. The van der Waals surface area contributed by atoms with Gasteiger partial charge in [-0.15, -0.1) is 0 Å². The molecule has 4 nitrogen and oxygen atoms in total. The predicted molar refractivity (Wildman–Crippen MR) is 43.2 cm³/mol. The quantitative estimate of drug-likeness (QED) is 0.702. The number of hydrogen-bond donors (Lipinski definition) is 1. The summed E-state index contributed by atoms with van der Waals surface area (Å²) in [7, 11) is 1.05. The largest absolute Gasteiger partial charge is 0.481 e. The van der Waals surface area contributed by atoms with Crippen molar-refractivity contribution >= 4 is 11.9 Å². The van der Waals surface area contributed by atoms with Crippen molar-refractivity contribution in [3.05, 3.63) is 0 Å². The number of esters is 1. The number of ether oxygens (including phenoxy) is 1. The van der Waals surface area contributed by atoms with Crippen LogP contribution in [0.25, 0.3) is 0 Å². The molecule has 1 atom stereocenters. The molecule has 2 saturated carbocycles. The number of carbonyl (C=O) groups is 2. The number of methoxy groups -OCH3 is 1. The van der Waals surface area contributed by atoms with Gasteiger partial charge in [-0.1, -0.05) is 0 Å². The summed E-state index contributed by atoms with van der Waals surface area (Å²) in [5.41, 5.74) is -1.43. The van der Waals surface area contributed by atoms with Gasteiger partial charge in [-0.25, -0.2) is 8.78 Å². The fourth-order valence-corrected chi connectivity index (χ4v) is 2.50. The van der Waals surface area contributed by atoms with Gasteiger partial charge in [0.05, 0.1) is 18.4 Å². The number of rotatable bonds is 2. The zero-order valence-electron chi connectivity index (χ0n) is 8.00. The number of carbonyl (C=O) groups excluding carboxylic acids is 1. The number of carboxylic acids is 1. The van der Waals surface area contributed by atoms with Crippen LogP contribution in [-0.2, 0) is 14.3 Å². The van der Waals surface area contributed by atoms with Crippen LogP contribution in [0.2, 0.25) is 0 Å². The maximum atomic E-state index is 13.3. The van der Waals surface area contributed by atoms with Crippen molar-refractivity contribution in [1.82, 2.24) is 0 Å². The summed E-state index contributed by atoms with van der Waals surface area (Å²) in [6.07, 6.45) is -0.260. The average molecular weight is 220 g/mol. The predicted octanol–water partition coefficient (Wildman–Crippen LogP) is 0.905. The lowest BCUT2D eigenvalue weighted by molar-refractivity contribution is -0.151. The second kappa shape index (κ2) is 2.68. The normalized spacial score (nSPS) is 40.7. The summed E-state index contributed by atoms with van der Waals surface area (Å²) >= 11 is 0. The third-order valence-corrected chi connectivity index (χ3v) is 3.50. The third-order valence-electron chi connectivity index (χ3n) is 3.50. The summed E-state index contributed by atoms with van der Waals surface area (Å²) in [5, 5.41) is 8.58. The number of aliphatic carboxylic acids is 1. The molecule has 0 aromatic rings. The Morgan fingerprint density at radius 3 is 2.33 bits per heavy atom. The molecule has 15 heavy (non-hydrogen) atoms. The molecule has 2 rings (SSSR count). The Bertz CT molecular complexity index is 333. The van der Waals surface area contributed by atoms with Crippen molar-refractivity contribution in [2.75, 3.05) is 7.11 Å². The van der Waals surface area contributed by atoms with E-state index in [9.17, 15) is 18.4 Å². The molecule has 0 heterocycles. The third kappa shape index (κ3) is 1.04. The van der Waals surface area contributed by atoms with Crippen LogP contribution in [0, 0.1) is 17.3 Å². The minimum Gasteiger partial charge on any atom is -0.481 e. The first-order valence-corrected chi connectivity index (χ1v) is 4.55. The summed E-state index contributed by atoms with van der Waals surface area (Å²) in [4.78, 5) is 21.5. The van der Waals surface area contributed by atoms with E-state index in [0.29, 0.717) is 0 Å². The van der Waals surface area contributed by atoms with Crippen molar-refractivity contribution in [1.29, 1.82) is 0 Å². The van der Waals surface area contributed by atoms with Gasteiger partial charge >= 0.3 is 11.9 Å². The summed E-state index contributed by atoms with van der Waals surface area (Å²) in [6, 6.07) is 0. The van der Waals surface area contributed by atoms with Crippen molar-refractivity contribution in [3.8, 4) is 0 Å². The van der Waals surface area contributed by atoms with Crippen LogP contribution in [0.1, 0.15) is 12.8 Å². The Kier molecular flexibility index (Phi) is 1.84. The van der Waals surface area contributed by atoms with Crippen LogP contribution in [0.3, 0.4) is 0 Å². The summed E-state index contributed by atoms with van der Waals surface area (Å²) in [6.45, 7) is 0. The van der Waals surface area contributed by atoms with Gasteiger partial charge in [0, 0.05) is 0 Å². The number of alkyl halides is 2. The highest BCUT2D eigenvalue weighted by Crippen LogP contribution is 2.77. The fourth-order valence-electron chi connectivity index (χ4n) is 2.50. The van der Waals surface area contributed by atoms with Crippen LogP contribution in [0.5, 0.6) is 0 Å². The van der Waals surface area contributed by atoms with E-state index in [0.717, 1.165) is 7.11 Å². The van der Waals surface area contributed by atoms with Crippen LogP contribution < -0.4 is 0 Å². The lowest BCUT2D eigenvalue weighted by Crippen LogP contribution is -2.36. The Balaban J connectivity index is 2.08. The molecule has 0 radical (unpaired) electrons. The molecule has 1 spiro atoms. The Morgan fingerprint density at radius 2 is 1.93 bits per heavy atom. The second-order valence-corrected chi connectivity index (χ2v) is 4.18. The second-order valence-electron chi connectivity index (χ2n) is 4.18. The van der Waals surface area contributed by atoms with E-state index in [1.165, 1.54) is 0 Å². The van der Waals surface area contributed by atoms with E-state index in [1.54, 1.807) is 0 Å². The van der Waals surface area contributed by atoms with Gasteiger partial charge in [0.15, 0.2) is 0 Å². The van der Waals surface area contributed by atoms with Gasteiger partial charge < -0.3 is 9.84 Å². The minimum atomic E-state index is -3.09. The molecule has 0 aliphatic heterocycles. The van der Waals surface area contributed by atoms with Crippen molar-refractivity contribution in [2.24, 2.45) is 17.3 Å². The summed E-state index contributed by atoms with van der Waals surface area (Å²) in [5.74, 6) is -7.29. The fraction of sp³-hybridized carbons (Fsp3) is 0.778. The molecule has 0 aromatic carbocycles. The maximum Gasteiger partial charge on any atom is 0.315 e. The van der Waals surface area contributed by atoms with Crippen LogP contribution in [0.15, 0.2) is 0 Å². The van der Waals surface area contributed by atoms with Crippen LogP contribution in [0.4, 0.5) is 8.78 Å². The van der Waals surface area contributed by atoms with E-state index < -0.39 is 35.1 Å². The zero-order valence-corrected chi connectivity index (χ0v) is 8.00. The molecule has 2 aliphatic carbocycles. The van der Waals surface area contributed by atoms with Gasteiger partial charge in [0.25, 0.3) is 5.92 Å². The molecule has 0 aromatic heterocycles. The van der Waals surface area contributed by atoms with Crippen LogP contribution in [-0.4, -0.2) is 30.1 Å². The van der Waals surface area contributed by atoms with E-state index in [-0.39, 0.29) is 12.8 Å². The molecule has 0 amide bonds. The first kappa shape index (κ1) is 10.3. The number of hydrogen-bond acceptors (Lipinski definition) is 3. The van der Waals surface area contributed by atoms with Crippen molar-refractivity contribution in [3.63, 3.8) is 0 Å². The van der Waals surface area contributed by atoms with E-state index in [1.807, 2.05) is 0 Å². The zero-order chi connectivity index (χ0) is 11.4. The first-order valence-electron chi connectivity index (χ1n) is 4.55. The van der Waals surface area contributed by atoms with Gasteiger partial charge in [-0.05, 0) is 12.8 Å². The van der Waals surface area contributed by atoms with Crippen molar-refractivity contribution in [2.45, 2.75) is 18.8 Å². The Labute approximate surface area is 84.2 Å². The summed E-state index contributed by atoms with van der Waals surface area (Å²) < 4.78 is 30.8. The maximum absolute atomic E-state index is 13.3. The highest BCUT2D eigenvalue weighted by Gasteiger charge is 2.87. The SMILES string of the molecule is COC(=O)[C@@H]1C(F)(F)C12CC(C(=O)O)C2. The van der Waals surface area contributed by atoms with Gasteiger partial charge in [0.2, 0.25) is 0 Å². The number of halogens is 2. The van der Waals surface area contributed by atoms with Gasteiger partial charge in [0.1, 0.15) is 5.92 Å². The molecular formula is C9H10F2O4. The molecule has 6 heteroatoms. The Hall–Kier alpha value is -1.20. The highest BCUT2D eigenvalue weighted by atomic mass is 19.3. The molecule has 0 bridgehead atoms. The average Bonchev–Trinajstić information content (AvgIpc) is 2.58. The Morgan fingerprint density at radius 1 is 1.40 bits per heavy atom. The molecule has 84 valence electrons. The smallest absolute Gasteiger partial charge is 0.315 e. The molecule has 2 fully saturated rings. The monoisotopic (exact) mass is 220 g/mol. The van der Waals surface area contributed by atoms with E-state index in [4.69, 9.17) is 5.11 Å². The lowest BCUT2D eigenvalue weighted by atomic mass is 9.70. The first-order chi connectivity index (χ1) is 6.87. The highest BCUT2D eigenvalue weighted by molar-refractivity contribution is 5.82. The molecular weight excluding hydrogens is 210 g/mol. The molecule has 1 N–H and O–H groups in total. The molecule has 0 unspecified atom stereocenters. The molecule has 0 saturated heterocycles. The van der Waals surface area contributed by atoms with E-state index in [2.05, 4.69) is 4.74 Å². The van der Waals surface area contributed by atoms with Crippen molar-refractivity contribution < 1.29 is 28.2 Å². The minimum absolute atomic E-state index is 0.130.